The summed E-state index contributed by atoms with van der Waals surface area (Å²) in [6.07, 6.45) is 3.86. The highest BCUT2D eigenvalue weighted by molar-refractivity contribution is 7.98. The maximum atomic E-state index is 12.5. The molecule has 0 unspecified atom stereocenters. The number of rotatable bonds is 8. The van der Waals surface area contributed by atoms with Gasteiger partial charge in [0.05, 0.1) is 4.92 Å². The number of para-hydroxylation sites is 1. The van der Waals surface area contributed by atoms with Gasteiger partial charge in [0.2, 0.25) is 10.0 Å². The first kappa shape index (κ1) is 21.8. The Bertz CT molecular complexity index is 958. The maximum absolute atomic E-state index is 12.5. The van der Waals surface area contributed by atoms with Gasteiger partial charge in [0.1, 0.15) is 0 Å². The third-order valence-corrected chi connectivity index (χ3v) is 7.52. The summed E-state index contributed by atoms with van der Waals surface area (Å²) < 4.78 is 27.7. The first-order chi connectivity index (χ1) is 13.9. The first-order valence-electron chi connectivity index (χ1n) is 9.48. The van der Waals surface area contributed by atoms with Gasteiger partial charge >= 0.3 is 0 Å². The highest BCUT2D eigenvalue weighted by Gasteiger charge is 2.27. The average Bonchev–Trinajstić information content (AvgIpc) is 2.73. The van der Waals surface area contributed by atoms with Gasteiger partial charge in [0.25, 0.3) is 5.69 Å². The van der Waals surface area contributed by atoms with Crippen LogP contribution in [0, 0.1) is 16.0 Å². The van der Waals surface area contributed by atoms with E-state index in [9.17, 15) is 18.5 Å². The van der Waals surface area contributed by atoms with Crippen LogP contribution >= 0.6 is 11.8 Å². The van der Waals surface area contributed by atoms with E-state index in [1.807, 2.05) is 6.07 Å². The zero-order chi connectivity index (χ0) is 20.9. The summed E-state index contributed by atoms with van der Waals surface area (Å²) in [5, 5.41) is 11.1. The molecule has 1 aliphatic rings. The second kappa shape index (κ2) is 9.71. The van der Waals surface area contributed by atoms with Gasteiger partial charge in [0.15, 0.2) is 4.90 Å². The van der Waals surface area contributed by atoms with Gasteiger partial charge in [-0.05, 0) is 55.8 Å². The molecule has 0 saturated carbocycles. The van der Waals surface area contributed by atoms with Gasteiger partial charge in [-0.25, -0.2) is 13.1 Å². The smallest absolute Gasteiger partial charge is 0.289 e. The van der Waals surface area contributed by atoms with Crippen LogP contribution in [0.25, 0.3) is 0 Å². The molecule has 3 rings (SSSR count). The van der Waals surface area contributed by atoms with E-state index in [4.69, 9.17) is 0 Å². The summed E-state index contributed by atoms with van der Waals surface area (Å²) in [7, 11) is -3.91. The monoisotopic (exact) mass is 435 g/mol. The number of thioether (sulfide) groups is 1. The first-order valence-corrected chi connectivity index (χ1v) is 12.2. The Kier molecular flexibility index (Phi) is 7.28. The highest BCUT2D eigenvalue weighted by Crippen LogP contribution is 2.26. The third-order valence-electron chi connectivity index (χ3n) is 5.21. The van der Waals surface area contributed by atoms with Crippen molar-refractivity contribution in [3.8, 4) is 0 Å². The number of hydrogen-bond donors (Lipinski definition) is 1. The molecule has 0 atom stereocenters. The van der Waals surface area contributed by atoms with Gasteiger partial charge < -0.3 is 0 Å². The summed E-state index contributed by atoms with van der Waals surface area (Å²) >= 11 is 1.75. The molecule has 7 nitrogen and oxygen atoms in total. The Morgan fingerprint density at radius 1 is 1.14 bits per heavy atom. The number of piperidine rings is 1. The normalized spacial score (nSPS) is 16.0. The summed E-state index contributed by atoms with van der Waals surface area (Å²) in [5.41, 5.74) is 0.915. The van der Waals surface area contributed by atoms with Gasteiger partial charge in [-0.3, -0.25) is 15.0 Å². The number of sulfonamides is 1. The fourth-order valence-electron chi connectivity index (χ4n) is 3.56. The lowest BCUT2D eigenvalue weighted by Gasteiger charge is -2.32. The van der Waals surface area contributed by atoms with Crippen LogP contribution in [0.1, 0.15) is 18.4 Å². The minimum absolute atomic E-state index is 0.222. The molecular weight excluding hydrogens is 410 g/mol. The SMILES string of the molecule is CSc1ccccc1CN1CCC(CNS(=O)(=O)c2ccccc2[N+](=O)[O-])CC1. The van der Waals surface area contributed by atoms with Crippen LogP contribution in [0.2, 0.25) is 0 Å². The second-order valence-corrected chi connectivity index (χ2v) is 9.69. The average molecular weight is 436 g/mol. The van der Waals surface area contributed by atoms with Crippen molar-refractivity contribution in [1.82, 2.24) is 9.62 Å². The van der Waals surface area contributed by atoms with Crippen LogP contribution in [0.4, 0.5) is 5.69 Å². The van der Waals surface area contributed by atoms with Crippen LogP contribution in [0.5, 0.6) is 0 Å². The van der Waals surface area contributed by atoms with Crippen molar-refractivity contribution in [2.45, 2.75) is 29.2 Å². The van der Waals surface area contributed by atoms with Gasteiger partial charge in [0, 0.05) is 24.1 Å². The molecule has 0 spiro atoms. The summed E-state index contributed by atoms with van der Waals surface area (Å²) in [4.78, 5) is 13.8. The lowest BCUT2D eigenvalue weighted by molar-refractivity contribution is -0.387. The predicted molar refractivity (Wildman–Crippen MR) is 115 cm³/mol. The molecule has 156 valence electrons. The zero-order valence-electron chi connectivity index (χ0n) is 16.3. The summed E-state index contributed by atoms with van der Waals surface area (Å²) in [5.74, 6) is 0.222. The van der Waals surface area contributed by atoms with Crippen molar-refractivity contribution in [3.05, 3.63) is 64.2 Å². The van der Waals surface area contributed by atoms with Crippen molar-refractivity contribution in [2.24, 2.45) is 5.92 Å². The summed E-state index contributed by atoms with van der Waals surface area (Å²) in [6, 6.07) is 13.8. The molecule has 1 heterocycles. The number of nitrogens with zero attached hydrogens (tertiary/aromatic N) is 2. The Balaban J connectivity index is 1.54. The van der Waals surface area contributed by atoms with Crippen LogP contribution in [0.15, 0.2) is 58.3 Å². The third kappa shape index (κ3) is 5.57. The van der Waals surface area contributed by atoms with E-state index in [0.717, 1.165) is 32.5 Å². The van der Waals surface area contributed by atoms with E-state index in [2.05, 4.69) is 34.1 Å². The predicted octanol–water partition coefficient (Wildman–Crippen LogP) is 3.51. The van der Waals surface area contributed by atoms with Crippen LogP contribution in [0.3, 0.4) is 0 Å². The number of nitro benzene ring substituents is 1. The largest absolute Gasteiger partial charge is 0.299 e. The number of nitrogens with one attached hydrogen (secondary N) is 1. The highest BCUT2D eigenvalue weighted by atomic mass is 32.2. The molecule has 1 aliphatic heterocycles. The number of nitro groups is 1. The Morgan fingerprint density at radius 2 is 1.79 bits per heavy atom. The van der Waals surface area contributed by atoms with E-state index in [0.29, 0.717) is 6.54 Å². The second-order valence-electron chi connectivity index (χ2n) is 7.11. The van der Waals surface area contributed by atoms with Crippen LogP contribution < -0.4 is 4.72 Å². The van der Waals surface area contributed by atoms with Crippen molar-refractivity contribution < 1.29 is 13.3 Å². The lowest BCUT2D eigenvalue weighted by atomic mass is 9.97. The maximum Gasteiger partial charge on any atom is 0.289 e. The fourth-order valence-corrected chi connectivity index (χ4v) is 5.46. The van der Waals surface area contributed by atoms with Gasteiger partial charge in [-0.2, -0.15) is 0 Å². The van der Waals surface area contributed by atoms with Gasteiger partial charge in [-0.15, -0.1) is 11.8 Å². The fraction of sp³-hybridized carbons (Fsp3) is 0.400. The van der Waals surface area contributed by atoms with E-state index in [-0.39, 0.29) is 10.8 Å². The molecule has 0 bridgehead atoms. The van der Waals surface area contributed by atoms with E-state index in [1.54, 1.807) is 11.8 Å². The lowest BCUT2D eigenvalue weighted by Crippen LogP contribution is -2.38. The number of hydrogen-bond acceptors (Lipinski definition) is 6. The Labute approximate surface area is 175 Å². The quantitative estimate of drug-likeness (QED) is 0.388. The number of likely N-dealkylation sites (tertiary alicyclic amines) is 1. The number of benzene rings is 2. The molecule has 1 N–H and O–H groups in total. The molecule has 0 radical (unpaired) electrons. The van der Waals surface area contributed by atoms with Crippen molar-refractivity contribution in [2.75, 3.05) is 25.9 Å². The molecule has 2 aromatic carbocycles. The van der Waals surface area contributed by atoms with Crippen molar-refractivity contribution >= 4 is 27.5 Å². The zero-order valence-corrected chi connectivity index (χ0v) is 17.9. The van der Waals surface area contributed by atoms with Crippen molar-refractivity contribution in [3.63, 3.8) is 0 Å². The van der Waals surface area contributed by atoms with E-state index >= 15 is 0 Å². The Hall–Kier alpha value is -1.94. The molecule has 1 fully saturated rings. The minimum Gasteiger partial charge on any atom is -0.299 e. The van der Waals surface area contributed by atoms with E-state index in [1.165, 1.54) is 34.7 Å². The van der Waals surface area contributed by atoms with Crippen LogP contribution in [-0.4, -0.2) is 44.1 Å². The minimum atomic E-state index is -3.91. The molecule has 0 amide bonds. The molecule has 2 aromatic rings. The standard InChI is InChI=1S/C20H25N3O4S2/c1-28-19-8-4-2-6-17(19)15-22-12-10-16(11-13-22)14-21-29(26,27)20-9-5-3-7-18(20)23(24)25/h2-9,16,21H,10-15H2,1H3. The molecule has 1 saturated heterocycles. The Morgan fingerprint density at radius 3 is 2.48 bits per heavy atom. The molecular formula is C20H25N3O4S2. The molecule has 29 heavy (non-hydrogen) atoms. The molecule has 9 heteroatoms. The topological polar surface area (TPSA) is 92.6 Å². The van der Waals surface area contributed by atoms with Gasteiger partial charge in [-0.1, -0.05) is 30.3 Å². The van der Waals surface area contributed by atoms with Crippen molar-refractivity contribution in [1.29, 1.82) is 0 Å². The van der Waals surface area contributed by atoms with E-state index < -0.39 is 20.6 Å². The van der Waals surface area contributed by atoms with Crippen LogP contribution in [-0.2, 0) is 16.6 Å². The summed E-state index contributed by atoms with van der Waals surface area (Å²) in [6.45, 7) is 3.00. The molecule has 0 aromatic heterocycles. The molecule has 0 aliphatic carbocycles.